The van der Waals surface area contributed by atoms with Gasteiger partial charge in [-0.25, -0.2) is 4.79 Å². The maximum Gasteiger partial charge on any atom is 0.335 e. The van der Waals surface area contributed by atoms with Crippen LogP contribution in [-0.4, -0.2) is 5.97 Å². The second-order valence-electron chi connectivity index (χ2n) is 5.09. The molecule has 2 nitrogen and oxygen atoms in total. The number of rotatable bonds is 2. The van der Waals surface area contributed by atoms with Crippen molar-refractivity contribution in [1.29, 1.82) is 0 Å². The van der Waals surface area contributed by atoms with E-state index in [-0.39, 0.29) is 0 Å². The van der Waals surface area contributed by atoms with Crippen LogP contribution >= 0.6 is 0 Å². The van der Waals surface area contributed by atoms with E-state index in [2.05, 4.69) is 12.5 Å². The maximum absolute atomic E-state index is 12.1. The Hall–Kier alpha value is -2.79. The van der Waals surface area contributed by atoms with Crippen molar-refractivity contribution in [3.05, 3.63) is 71.8 Å². The van der Waals surface area contributed by atoms with E-state index in [0.717, 1.165) is 22.3 Å². The summed E-state index contributed by atoms with van der Waals surface area (Å²) in [5.74, 6) is 2.20. The van der Waals surface area contributed by atoms with Gasteiger partial charge in [0.15, 0.2) is 0 Å². The molecule has 0 saturated heterocycles. The highest BCUT2D eigenvalue weighted by Crippen LogP contribution is 2.49. The largest absolute Gasteiger partial charge is 0.434 e. The van der Waals surface area contributed by atoms with Crippen LogP contribution in [-0.2, 0) is 15.1 Å². The van der Waals surface area contributed by atoms with Crippen LogP contribution in [0, 0.1) is 12.3 Å². The van der Waals surface area contributed by atoms with Gasteiger partial charge in [0.25, 0.3) is 0 Å². The first-order valence-corrected chi connectivity index (χ1v) is 6.66. The van der Waals surface area contributed by atoms with Crippen molar-refractivity contribution in [2.45, 2.75) is 12.5 Å². The lowest BCUT2D eigenvalue weighted by molar-refractivity contribution is -0.146. The molecule has 102 valence electrons. The van der Waals surface area contributed by atoms with Gasteiger partial charge in [0, 0.05) is 16.7 Å². The summed E-state index contributed by atoms with van der Waals surface area (Å²) >= 11 is 0. The maximum atomic E-state index is 12.1. The van der Waals surface area contributed by atoms with Crippen molar-refractivity contribution < 1.29 is 9.53 Å². The number of ether oxygens (including phenoxy) is 1. The van der Waals surface area contributed by atoms with Crippen LogP contribution in [0.2, 0.25) is 0 Å². The van der Waals surface area contributed by atoms with E-state index in [0.29, 0.717) is 5.57 Å². The zero-order valence-corrected chi connectivity index (χ0v) is 11.7. The Morgan fingerprint density at radius 1 is 1.10 bits per heavy atom. The van der Waals surface area contributed by atoms with Crippen LogP contribution in [0.4, 0.5) is 0 Å². The van der Waals surface area contributed by atoms with E-state index in [9.17, 15) is 4.79 Å². The minimum absolute atomic E-state index is 0.325. The molecule has 0 radical (unpaired) electrons. The Bertz CT molecular complexity index is 748. The van der Waals surface area contributed by atoms with Crippen LogP contribution in [0.15, 0.2) is 60.7 Å². The monoisotopic (exact) mass is 274 g/mol. The minimum Gasteiger partial charge on any atom is -0.434 e. The summed E-state index contributed by atoms with van der Waals surface area (Å²) < 4.78 is 5.69. The molecule has 3 rings (SSSR count). The standard InChI is InChI=1S/C19H14O2/c1-4-19(21-18(20)13(2)3)16-11-7-5-9-14(16)15-10-6-8-12-17(15)19/h1,5-12H,2H2,3H3. The van der Waals surface area contributed by atoms with Gasteiger partial charge in [-0.3, -0.25) is 0 Å². The van der Waals surface area contributed by atoms with E-state index in [1.165, 1.54) is 0 Å². The lowest BCUT2D eigenvalue weighted by Gasteiger charge is -2.26. The van der Waals surface area contributed by atoms with E-state index >= 15 is 0 Å². The molecule has 1 aliphatic carbocycles. The van der Waals surface area contributed by atoms with Crippen LogP contribution in [0.25, 0.3) is 11.1 Å². The van der Waals surface area contributed by atoms with Gasteiger partial charge < -0.3 is 4.74 Å². The zero-order valence-electron chi connectivity index (χ0n) is 11.7. The van der Waals surface area contributed by atoms with E-state index < -0.39 is 11.6 Å². The highest BCUT2D eigenvalue weighted by Gasteiger charge is 2.45. The molecule has 0 bridgehead atoms. The molecule has 0 aliphatic heterocycles. The Morgan fingerprint density at radius 2 is 1.57 bits per heavy atom. The number of terminal acetylenes is 1. The van der Waals surface area contributed by atoms with Crippen molar-refractivity contribution in [3.8, 4) is 23.5 Å². The Kier molecular flexibility index (Phi) is 2.92. The van der Waals surface area contributed by atoms with Gasteiger partial charge in [-0.15, -0.1) is 6.42 Å². The average Bonchev–Trinajstić information content (AvgIpc) is 2.79. The molecule has 0 amide bonds. The fraction of sp³-hybridized carbons (Fsp3) is 0.105. The average molecular weight is 274 g/mol. The van der Waals surface area contributed by atoms with E-state index in [1.54, 1.807) is 6.92 Å². The van der Waals surface area contributed by atoms with Gasteiger partial charge in [-0.05, 0) is 24.0 Å². The third-order valence-electron chi connectivity index (χ3n) is 3.70. The van der Waals surface area contributed by atoms with Gasteiger partial charge >= 0.3 is 5.97 Å². The van der Waals surface area contributed by atoms with Gasteiger partial charge in [-0.1, -0.05) is 55.1 Å². The number of hydrogen-bond donors (Lipinski definition) is 0. The highest BCUT2D eigenvalue weighted by molar-refractivity contribution is 5.90. The van der Waals surface area contributed by atoms with Crippen LogP contribution in [0.3, 0.4) is 0 Å². The Labute approximate surface area is 124 Å². The lowest BCUT2D eigenvalue weighted by Crippen LogP contribution is -2.30. The molecule has 1 aliphatic rings. The lowest BCUT2D eigenvalue weighted by atomic mass is 9.92. The number of benzene rings is 2. The minimum atomic E-state index is -1.18. The molecule has 2 aromatic rings. The second-order valence-corrected chi connectivity index (χ2v) is 5.09. The van der Waals surface area contributed by atoms with Crippen molar-refractivity contribution in [2.24, 2.45) is 0 Å². The molecule has 0 heterocycles. The van der Waals surface area contributed by atoms with Crippen molar-refractivity contribution in [2.75, 3.05) is 0 Å². The summed E-state index contributed by atoms with van der Waals surface area (Å²) in [6, 6.07) is 15.5. The molecule has 0 unspecified atom stereocenters. The first-order chi connectivity index (χ1) is 10.1. The molecule has 0 N–H and O–H groups in total. The smallest absolute Gasteiger partial charge is 0.335 e. The summed E-state index contributed by atoms with van der Waals surface area (Å²) in [4.78, 5) is 12.1. The molecule has 0 spiro atoms. The summed E-state index contributed by atoms with van der Waals surface area (Å²) in [5, 5.41) is 0. The third-order valence-corrected chi connectivity index (χ3v) is 3.70. The number of carbonyl (C=O) groups excluding carboxylic acids is 1. The molecule has 2 aromatic carbocycles. The normalized spacial score (nSPS) is 13.7. The van der Waals surface area contributed by atoms with Crippen LogP contribution < -0.4 is 0 Å². The predicted molar refractivity (Wildman–Crippen MR) is 82.4 cm³/mol. The van der Waals surface area contributed by atoms with Crippen LogP contribution in [0.5, 0.6) is 0 Å². The molecule has 0 atom stereocenters. The molecule has 2 heteroatoms. The Balaban J connectivity index is 2.28. The molecule has 21 heavy (non-hydrogen) atoms. The highest BCUT2D eigenvalue weighted by atomic mass is 16.6. The number of hydrogen-bond acceptors (Lipinski definition) is 2. The summed E-state index contributed by atoms with van der Waals surface area (Å²) in [6.07, 6.45) is 5.79. The van der Waals surface area contributed by atoms with Gasteiger partial charge in [0.1, 0.15) is 0 Å². The van der Waals surface area contributed by atoms with Crippen LogP contribution in [0.1, 0.15) is 18.1 Å². The Morgan fingerprint density at radius 3 is 2.00 bits per heavy atom. The summed E-state index contributed by atoms with van der Waals surface area (Å²) in [7, 11) is 0. The molecule has 0 aromatic heterocycles. The molecular formula is C19H14O2. The quantitative estimate of drug-likeness (QED) is 0.474. The molecule has 0 saturated carbocycles. The molecular weight excluding hydrogens is 260 g/mol. The number of esters is 1. The van der Waals surface area contributed by atoms with E-state index in [1.807, 2.05) is 48.5 Å². The molecule has 0 fully saturated rings. The van der Waals surface area contributed by atoms with Gasteiger partial charge in [0.05, 0.1) is 0 Å². The third kappa shape index (κ3) is 1.79. The van der Waals surface area contributed by atoms with Crippen molar-refractivity contribution in [3.63, 3.8) is 0 Å². The summed E-state index contributed by atoms with van der Waals surface area (Å²) in [5.41, 5.74) is 2.79. The number of fused-ring (bicyclic) bond motifs is 3. The van der Waals surface area contributed by atoms with E-state index in [4.69, 9.17) is 11.2 Å². The summed E-state index contributed by atoms with van der Waals surface area (Å²) in [6.45, 7) is 5.24. The topological polar surface area (TPSA) is 26.3 Å². The zero-order chi connectivity index (χ0) is 15.0. The first-order valence-electron chi connectivity index (χ1n) is 6.66. The van der Waals surface area contributed by atoms with Gasteiger partial charge in [-0.2, -0.15) is 0 Å². The van der Waals surface area contributed by atoms with Crippen molar-refractivity contribution >= 4 is 5.97 Å². The fourth-order valence-corrected chi connectivity index (χ4v) is 2.72. The first kappa shape index (κ1) is 13.2. The van der Waals surface area contributed by atoms with Gasteiger partial charge in [0.2, 0.25) is 5.60 Å². The SMILES string of the molecule is C#CC1(OC(=O)C(=C)C)c2ccccc2-c2ccccc21. The second kappa shape index (κ2) is 4.64. The fourth-order valence-electron chi connectivity index (χ4n) is 2.72. The van der Waals surface area contributed by atoms with Crippen molar-refractivity contribution in [1.82, 2.24) is 0 Å². The predicted octanol–water partition coefficient (Wildman–Crippen LogP) is 3.66. The number of carbonyl (C=O) groups is 1.